The number of esters is 1. The summed E-state index contributed by atoms with van der Waals surface area (Å²) in [6.07, 6.45) is 1.43. The maximum absolute atomic E-state index is 12.1. The first-order valence-electron chi connectivity index (χ1n) is 6.52. The van der Waals surface area contributed by atoms with Gasteiger partial charge in [-0.3, -0.25) is 0 Å². The number of rotatable bonds is 5. The molecule has 2 N–H and O–H groups in total. The highest BCUT2D eigenvalue weighted by atomic mass is 16.5. The van der Waals surface area contributed by atoms with E-state index in [2.05, 4.69) is 10.1 Å². The number of nitrogens with zero attached hydrogens (tertiary/aromatic N) is 3. The molecular weight excluding hydrogens is 272 g/mol. The topological polar surface area (TPSA) is 92.3 Å². The maximum atomic E-state index is 12.1. The number of hydrogen-bond acceptors (Lipinski definition) is 6. The molecule has 0 saturated carbocycles. The Hall–Kier alpha value is -2.57. The second kappa shape index (κ2) is 6.25. The van der Waals surface area contributed by atoms with Gasteiger partial charge in [0, 0.05) is 6.04 Å². The molecule has 0 aliphatic heterocycles. The highest BCUT2D eigenvalue weighted by molar-refractivity contribution is 5.96. The minimum absolute atomic E-state index is 0.0354. The van der Waals surface area contributed by atoms with E-state index >= 15 is 0 Å². The van der Waals surface area contributed by atoms with Crippen molar-refractivity contribution in [3.8, 4) is 5.75 Å². The van der Waals surface area contributed by atoms with Crippen molar-refractivity contribution in [2.45, 2.75) is 26.5 Å². The van der Waals surface area contributed by atoms with E-state index in [1.807, 2.05) is 13.8 Å². The molecule has 0 atom stereocenters. The Kier molecular flexibility index (Phi) is 4.42. The lowest BCUT2D eigenvalue weighted by Gasteiger charge is -2.11. The number of ether oxygens (including phenoxy) is 2. The van der Waals surface area contributed by atoms with Crippen LogP contribution in [0, 0.1) is 0 Å². The van der Waals surface area contributed by atoms with E-state index in [4.69, 9.17) is 15.2 Å². The quantitative estimate of drug-likeness (QED) is 0.667. The molecule has 2 aromatic rings. The Morgan fingerprint density at radius 2 is 2.19 bits per heavy atom. The first-order valence-corrected chi connectivity index (χ1v) is 6.52. The van der Waals surface area contributed by atoms with Crippen LogP contribution in [0.3, 0.4) is 0 Å². The molecule has 112 valence electrons. The molecule has 0 aliphatic carbocycles. The van der Waals surface area contributed by atoms with Gasteiger partial charge in [-0.2, -0.15) is 5.10 Å². The lowest BCUT2D eigenvalue weighted by molar-refractivity contribution is 0.0456. The SMILES string of the molecule is COc1cccc(C(=O)OCc2ncnn2C(C)C)c1N. The van der Waals surface area contributed by atoms with Crippen LogP contribution in [0.1, 0.15) is 36.1 Å². The number of benzene rings is 1. The van der Waals surface area contributed by atoms with Crippen molar-refractivity contribution in [2.75, 3.05) is 12.8 Å². The van der Waals surface area contributed by atoms with Gasteiger partial charge in [-0.15, -0.1) is 0 Å². The smallest absolute Gasteiger partial charge is 0.340 e. The zero-order valence-corrected chi connectivity index (χ0v) is 12.2. The van der Waals surface area contributed by atoms with Crippen LogP contribution >= 0.6 is 0 Å². The monoisotopic (exact) mass is 290 g/mol. The van der Waals surface area contributed by atoms with Crippen molar-refractivity contribution >= 4 is 11.7 Å². The van der Waals surface area contributed by atoms with Gasteiger partial charge in [-0.05, 0) is 26.0 Å². The van der Waals surface area contributed by atoms with Gasteiger partial charge < -0.3 is 15.2 Å². The molecule has 0 radical (unpaired) electrons. The van der Waals surface area contributed by atoms with Gasteiger partial charge in [-0.1, -0.05) is 6.07 Å². The zero-order chi connectivity index (χ0) is 15.4. The summed E-state index contributed by atoms with van der Waals surface area (Å²) in [5, 5.41) is 4.08. The molecule has 0 amide bonds. The van der Waals surface area contributed by atoms with Crippen molar-refractivity contribution in [2.24, 2.45) is 0 Å². The van der Waals surface area contributed by atoms with Gasteiger partial charge in [0.05, 0.1) is 18.4 Å². The Morgan fingerprint density at radius 1 is 1.43 bits per heavy atom. The summed E-state index contributed by atoms with van der Waals surface area (Å²) < 4.78 is 12.0. The van der Waals surface area contributed by atoms with E-state index in [1.165, 1.54) is 13.4 Å². The molecule has 0 saturated heterocycles. The lowest BCUT2D eigenvalue weighted by atomic mass is 10.1. The summed E-state index contributed by atoms with van der Waals surface area (Å²) in [5.41, 5.74) is 6.39. The molecule has 1 aromatic heterocycles. The molecule has 0 bridgehead atoms. The summed E-state index contributed by atoms with van der Waals surface area (Å²) in [6, 6.07) is 5.10. The number of anilines is 1. The standard InChI is InChI=1S/C14H18N4O3/c1-9(2)18-12(16-8-17-18)7-21-14(19)10-5-4-6-11(20-3)13(10)15/h4-6,8-9H,7,15H2,1-3H3. The Labute approximate surface area is 122 Å². The van der Waals surface area contributed by atoms with Crippen LogP contribution in [0.2, 0.25) is 0 Å². The Bertz CT molecular complexity index is 637. The van der Waals surface area contributed by atoms with Crippen molar-refractivity contribution in [3.63, 3.8) is 0 Å². The molecule has 1 aromatic carbocycles. The molecule has 0 spiro atoms. The van der Waals surface area contributed by atoms with E-state index in [0.29, 0.717) is 11.6 Å². The van der Waals surface area contributed by atoms with E-state index in [-0.39, 0.29) is 23.9 Å². The summed E-state index contributed by atoms with van der Waals surface area (Å²) in [7, 11) is 1.49. The van der Waals surface area contributed by atoms with Crippen molar-refractivity contribution in [1.82, 2.24) is 14.8 Å². The molecule has 0 aliphatic rings. The first-order chi connectivity index (χ1) is 10.0. The number of carbonyl (C=O) groups is 1. The van der Waals surface area contributed by atoms with Crippen molar-refractivity contribution in [3.05, 3.63) is 35.9 Å². The van der Waals surface area contributed by atoms with Crippen molar-refractivity contribution < 1.29 is 14.3 Å². The fourth-order valence-corrected chi connectivity index (χ4v) is 1.92. The predicted octanol–water partition coefficient (Wildman–Crippen LogP) is 1.81. The van der Waals surface area contributed by atoms with Crippen LogP contribution in [0.25, 0.3) is 0 Å². The number of para-hydroxylation sites is 1. The summed E-state index contributed by atoms with van der Waals surface area (Å²) in [5.74, 6) is 0.499. The summed E-state index contributed by atoms with van der Waals surface area (Å²) >= 11 is 0. The molecule has 1 heterocycles. The Morgan fingerprint density at radius 3 is 2.86 bits per heavy atom. The van der Waals surface area contributed by atoms with Crippen LogP contribution in [0.4, 0.5) is 5.69 Å². The highest BCUT2D eigenvalue weighted by Gasteiger charge is 2.16. The van der Waals surface area contributed by atoms with E-state index < -0.39 is 5.97 Å². The second-order valence-corrected chi connectivity index (χ2v) is 4.71. The third-order valence-corrected chi connectivity index (χ3v) is 2.97. The van der Waals surface area contributed by atoms with Gasteiger partial charge in [0.2, 0.25) is 0 Å². The van der Waals surface area contributed by atoms with E-state index in [0.717, 1.165) is 0 Å². The number of nitrogens with two attached hydrogens (primary N) is 1. The molecular formula is C14H18N4O3. The molecule has 7 heteroatoms. The average molecular weight is 290 g/mol. The maximum Gasteiger partial charge on any atom is 0.340 e. The summed E-state index contributed by atoms with van der Waals surface area (Å²) in [6.45, 7) is 3.98. The van der Waals surface area contributed by atoms with Crippen LogP contribution < -0.4 is 10.5 Å². The fourth-order valence-electron chi connectivity index (χ4n) is 1.92. The fraction of sp³-hybridized carbons (Fsp3) is 0.357. The van der Waals surface area contributed by atoms with Gasteiger partial charge >= 0.3 is 5.97 Å². The third-order valence-electron chi connectivity index (χ3n) is 2.97. The van der Waals surface area contributed by atoms with E-state index in [1.54, 1.807) is 22.9 Å². The predicted molar refractivity (Wildman–Crippen MR) is 76.9 cm³/mol. The van der Waals surface area contributed by atoms with Crippen LogP contribution in [0.5, 0.6) is 5.75 Å². The number of nitrogen functional groups attached to an aromatic ring is 1. The van der Waals surface area contributed by atoms with Crippen LogP contribution in [-0.4, -0.2) is 27.8 Å². The van der Waals surface area contributed by atoms with Crippen LogP contribution in [-0.2, 0) is 11.3 Å². The molecule has 7 nitrogen and oxygen atoms in total. The molecule has 2 rings (SSSR count). The number of hydrogen-bond donors (Lipinski definition) is 1. The number of carbonyl (C=O) groups excluding carboxylic acids is 1. The van der Waals surface area contributed by atoms with Gasteiger partial charge in [0.25, 0.3) is 0 Å². The van der Waals surface area contributed by atoms with Crippen molar-refractivity contribution in [1.29, 1.82) is 0 Å². The van der Waals surface area contributed by atoms with Crippen LogP contribution in [0.15, 0.2) is 24.5 Å². The summed E-state index contributed by atoms with van der Waals surface area (Å²) in [4.78, 5) is 16.2. The minimum atomic E-state index is -0.523. The average Bonchev–Trinajstić information content (AvgIpc) is 2.93. The van der Waals surface area contributed by atoms with Gasteiger partial charge in [-0.25, -0.2) is 14.5 Å². The van der Waals surface area contributed by atoms with Gasteiger partial charge in [0.15, 0.2) is 12.4 Å². The normalized spacial score (nSPS) is 10.7. The number of methoxy groups -OCH3 is 1. The first kappa shape index (κ1) is 14.8. The lowest BCUT2D eigenvalue weighted by Crippen LogP contribution is -2.13. The highest BCUT2D eigenvalue weighted by Crippen LogP contribution is 2.25. The largest absolute Gasteiger partial charge is 0.495 e. The molecule has 0 unspecified atom stereocenters. The third kappa shape index (κ3) is 3.13. The number of aromatic nitrogens is 3. The molecule has 21 heavy (non-hydrogen) atoms. The molecule has 0 fully saturated rings. The second-order valence-electron chi connectivity index (χ2n) is 4.71. The Balaban J connectivity index is 2.10. The van der Waals surface area contributed by atoms with Gasteiger partial charge in [0.1, 0.15) is 12.1 Å². The zero-order valence-electron chi connectivity index (χ0n) is 12.2. The minimum Gasteiger partial charge on any atom is -0.495 e. The van der Waals surface area contributed by atoms with E-state index in [9.17, 15) is 4.79 Å².